The molecule has 0 aromatic heterocycles. The van der Waals surface area contributed by atoms with Crippen molar-refractivity contribution in [1.29, 1.82) is 0 Å². The lowest BCUT2D eigenvalue weighted by Crippen LogP contribution is -2.08. The first-order valence-electron chi connectivity index (χ1n) is 4.61. The number of hydrogen-bond acceptors (Lipinski definition) is 3. The summed E-state index contributed by atoms with van der Waals surface area (Å²) in [6.45, 7) is 0. The summed E-state index contributed by atoms with van der Waals surface area (Å²) in [6.07, 6.45) is 1.74. The van der Waals surface area contributed by atoms with Gasteiger partial charge in [-0.2, -0.15) is 0 Å². The number of anilines is 1. The Morgan fingerprint density at radius 1 is 1.40 bits per heavy atom. The smallest absolute Gasteiger partial charge is 0.257 e. The zero-order valence-corrected chi connectivity index (χ0v) is 8.61. The van der Waals surface area contributed by atoms with E-state index in [2.05, 4.69) is 5.32 Å². The highest BCUT2D eigenvalue weighted by atomic mass is 16.3. The molecule has 1 aromatic carbocycles. The quantitative estimate of drug-likeness (QED) is 0.534. The van der Waals surface area contributed by atoms with E-state index in [1.165, 1.54) is 0 Å². The van der Waals surface area contributed by atoms with Crippen LogP contribution in [0.15, 0.2) is 24.4 Å². The van der Waals surface area contributed by atoms with Crippen LogP contribution in [0.1, 0.15) is 5.56 Å². The number of carbonyl (C=O) groups excluding carboxylic acids is 1. The first kappa shape index (κ1) is 9.58. The molecule has 0 fully saturated rings. The molecule has 0 radical (unpaired) electrons. The van der Waals surface area contributed by atoms with E-state index < -0.39 is 0 Å². The molecule has 0 atom stereocenters. The van der Waals surface area contributed by atoms with E-state index in [4.69, 9.17) is 0 Å². The molecule has 0 saturated heterocycles. The molecule has 2 rings (SSSR count). The van der Waals surface area contributed by atoms with Crippen molar-refractivity contribution < 1.29 is 9.90 Å². The summed E-state index contributed by atoms with van der Waals surface area (Å²) in [5, 5.41) is 12.1. The van der Waals surface area contributed by atoms with E-state index in [-0.39, 0.29) is 11.7 Å². The Balaban J connectivity index is 2.53. The largest absolute Gasteiger partial charge is 0.508 e. The van der Waals surface area contributed by atoms with Crippen LogP contribution in [0, 0.1) is 0 Å². The maximum absolute atomic E-state index is 11.6. The predicted octanol–water partition coefficient (Wildman–Crippen LogP) is 1.25. The van der Waals surface area contributed by atoms with Crippen molar-refractivity contribution in [3.63, 3.8) is 0 Å². The molecule has 0 saturated carbocycles. The average Bonchev–Trinajstić information content (AvgIpc) is 2.43. The first-order chi connectivity index (χ1) is 7.08. The molecule has 0 aliphatic carbocycles. The highest BCUT2D eigenvalue weighted by molar-refractivity contribution is 6.31. The molecule has 2 N–H and O–H groups in total. The Morgan fingerprint density at radius 2 is 2.13 bits per heavy atom. The molecule has 0 bridgehead atoms. The summed E-state index contributed by atoms with van der Waals surface area (Å²) < 4.78 is 0. The van der Waals surface area contributed by atoms with E-state index in [0.29, 0.717) is 5.57 Å². The Labute approximate surface area is 87.8 Å². The van der Waals surface area contributed by atoms with Gasteiger partial charge in [0, 0.05) is 31.5 Å². The molecule has 1 heterocycles. The third kappa shape index (κ3) is 1.66. The fourth-order valence-corrected chi connectivity index (χ4v) is 1.56. The van der Waals surface area contributed by atoms with Crippen molar-refractivity contribution in [2.24, 2.45) is 0 Å². The molecule has 15 heavy (non-hydrogen) atoms. The molecule has 4 heteroatoms. The number of phenolic OH excluding ortho intramolecular Hbond substituents is 1. The predicted molar refractivity (Wildman–Crippen MR) is 58.4 cm³/mol. The lowest BCUT2D eigenvalue weighted by molar-refractivity contribution is -0.110. The van der Waals surface area contributed by atoms with Gasteiger partial charge in [-0.1, -0.05) is 0 Å². The SMILES string of the molecule is CN(C)/C=C1\C(=O)Nc2ccc(O)cc21. The van der Waals surface area contributed by atoms with Crippen LogP contribution in [0.4, 0.5) is 5.69 Å². The van der Waals surface area contributed by atoms with Gasteiger partial charge in [-0.05, 0) is 18.2 Å². The molecule has 78 valence electrons. The highest BCUT2D eigenvalue weighted by Gasteiger charge is 2.24. The van der Waals surface area contributed by atoms with E-state index >= 15 is 0 Å². The van der Waals surface area contributed by atoms with E-state index in [0.717, 1.165) is 11.3 Å². The van der Waals surface area contributed by atoms with Crippen molar-refractivity contribution in [3.8, 4) is 5.75 Å². The molecule has 1 aromatic rings. The topological polar surface area (TPSA) is 52.6 Å². The fourth-order valence-electron chi connectivity index (χ4n) is 1.56. The number of hydrogen-bond donors (Lipinski definition) is 2. The third-order valence-electron chi connectivity index (χ3n) is 2.17. The van der Waals surface area contributed by atoms with Gasteiger partial charge in [-0.25, -0.2) is 0 Å². The van der Waals surface area contributed by atoms with Gasteiger partial charge >= 0.3 is 0 Å². The minimum atomic E-state index is -0.135. The second-order valence-electron chi connectivity index (χ2n) is 3.69. The summed E-state index contributed by atoms with van der Waals surface area (Å²) in [7, 11) is 3.70. The number of benzene rings is 1. The number of nitrogens with one attached hydrogen (secondary N) is 1. The minimum Gasteiger partial charge on any atom is -0.508 e. The maximum Gasteiger partial charge on any atom is 0.257 e. The fraction of sp³-hybridized carbons (Fsp3) is 0.182. The Bertz CT molecular complexity index is 450. The van der Waals surface area contributed by atoms with E-state index in [9.17, 15) is 9.90 Å². The van der Waals surface area contributed by atoms with Crippen LogP contribution in [0.2, 0.25) is 0 Å². The van der Waals surface area contributed by atoms with E-state index in [1.54, 1.807) is 29.3 Å². The number of amides is 1. The summed E-state index contributed by atoms with van der Waals surface area (Å²) in [5.74, 6) is 0.0270. The van der Waals surface area contributed by atoms with Gasteiger partial charge in [0.15, 0.2) is 0 Å². The Kier molecular flexibility index (Phi) is 2.11. The van der Waals surface area contributed by atoms with Crippen molar-refractivity contribution in [2.45, 2.75) is 0 Å². The van der Waals surface area contributed by atoms with Crippen molar-refractivity contribution in [3.05, 3.63) is 30.0 Å². The summed E-state index contributed by atoms with van der Waals surface area (Å²) in [6, 6.07) is 4.83. The number of phenols is 1. The molecular formula is C11H12N2O2. The zero-order valence-electron chi connectivity index (χ0n) is 8.61. The van der Waals surface area contributed by atoms with Crippen LogP contribution in [0.5, 0.6) is 5.75 Å². The third-order valence-corrected chi connectivity index (χ3v) is 2.17. The Morgan fingerprint density at radius 3 is 2.80 bits per heavy atom. The maximum atomic E-state index is 11.6. The average molecular weight is 204 g/mol. The lowest BCUT2D eigenvalue weighted by Gasteiger charge is -2.06. The van der Waals surface area contributed by atoms with E-state index in [1.807, 2.05) is 14.1 Å². The van der Waals surface area contributed by atoms with Crippen molar-refractivity contribution in [1.82, 2.24) is 4.90 Å². The van der Waals surface area contributed by atoms with Crippen LogP contribution in [0.25, 0.3) is 5.57 Å². The number of nitrogens with zero attached hydrogens (tertiary/aromatic N) is 1. The minimum absolute atomic E-state index is 0.135. The molecule has 1 aliphatic rings. The number of rotatable bonds is 1. The first-order valence-corrected chi connectivity index (χ1v) is 4.61. The lowest BCUT2D eigenvalue weighted by atomic mass is 10.1. The van der Waals surface area contributed by atoms with Crippen molar-refractivity contribution in [2.75, 3.05) is 19.4 Å². The van der Waals surface area contributed by atoms with Gasteiger partial charge in [0.1, 0.15) is 5.75 Å². The Hall–Kier alpha value is -1.97. The number of fused-ring (bicyclic) bond motifs is 1. The van der Waals surface area contributed by atoms with Crippen LogP contribution >= 0.6 is 0 Å². The van der Waals surface area contributed by atoms with Crippen LogP contribution < -0.4 is 5.32 Å². The van der Waals surface area contributed by atoms with Gasteiger partial charge in [0.05, 0.1) is 5.57 Å². The molecule has 1 amide bonds. The van der Waals surface area contributed by atoms with Gasteiger partial charge in [0.25, 0.3) is 5.91 Å². The van der Waals surface area contributed by atoms with Crippen molar-refractivity contribution >= 4 is 17.2 Å². The summed E-state index contributed by atoms with van der Waals surface area (Å²) >= 11 is 0. The van der Waals surface area contributed by atoms with Gasteiger partial charge in [0.2, 0.25) is 0 Å². The number of carbonyl (C=O) groups is 1. The van der Waals surface area contributed by atoms with Crippen LogP contribution in [0.3, 0.4) is 0 Å². The summed E-state index contributed by atoms with van der Waals surface area (Å²) in [4.78, 5) is 13.4. The highest BCUT2D eigenvalue weighted by Crippen LogP contribution is 2.34. The van der Waals surface area contributed by atoms with Gasteiger partial charge < -0.3 is 15.3 Å². The van der Waals surface area contributed by atoms with Gasteiger partial charge in [-0.3, -0.25) is 4.79 Å². The monoisotopic (exact) mass is 204 g/mol. The zero-order chi connectivity index (χ0) is 11.0. The number of aromatic hydroxyl groups is 1. The molecular weight excluding hydrogens is 192 g/mol. The van der Waals surface area contributed by atoms with Crippen LogP contribution in [-0.2, 0) is 4.79 Å². The standard InChI is InChI=1S/C11H12N2O2/c1-13(2)6-9-8-5-7(14)3-4-10(8)12-11(9)15/h3-6,14H,1-2H3,(H,12,15)/b9-6-. The van der Waals surface area contributed by atoms with Gasteiger partial charge in [-0.15, -0.1) is 0 Å². The van der Waals surface area contributed by atoms with Crippen LogP contribution in [-0.4, -0.2) is 30.0 Å². The summed E-state index contributed by atoms with van der Waals surface area (Å²) in [5.41, 5.74) is 2.06. The second-order valence-corrected chi connectivity index (χ2v) is 3.69. The molecule has 1 aliphatic heterocycles. The molecule has 0 unspecified atom stereocenters. The normalized spacial score (nSPS) is 16.4. The second kappa shape index (κ2) is 3.31. The molecule has 0 spiro atoms. The molecule has 4 nitrogen and oxygen atoms in total.